The lowest BCUT2D eigenvalue weighted by atomic mass is 9.42. The third kappa shape index (κ3) is 2.97. The van der Waals surface area contributed by atoms with Gasteiger partial charge >= 0.3 is 5.97 Å². The van der Waals surface area contributed by atoms with E-state index in [0.717, 1.165) is 5.57 Å². The molecule has 4 N–H and O–H groups in total. The zero-order chi connectivity index (χ0) is 25.4. The number of Topliss-reactive ketones (excluding diaryl/α,β-unsaturated/α-hetero) is 1. The first-order valence-corrected chi connectivity index (χ1v) is 12.5. The Labute approximate surface area is 205 Å². The van der Waals surface area contributed by atoms with Crippen LogP contribution < -0.4 is 0 Å². The minimum atomic E-state index is -1.98. The maximum Gasteiger partial charge on any atom is 0.339 e. The standard InChI is InChI=1S/C27H35NO7/c1-16(29)25(32)10-11-27(34)24(25,3)21(35-22(31)17-5-4-12-28-15-17)14-20-23(2)8-7-19(30)13-18(23)6-9-26(20,27)33/h4-6,12,15,19-21,30,32-34H,7-11,13-14H2,1-3H3/t19-,20+,21?,23-,24+,25+,26-,27+/m0/s1. The molecule has 3 saturated carbocycles. The summed E-state index contributed by atoms with van der Waals surface area (Å²) in [7, 11) is 0. The molecule has 35 heavy (non-hydrogen) atoms. The van der Waals surface area contributed by atoms with E-state index in [9.17, 15) is 30.0 Å². The number of carbonyl (C=O) groups excluding carboxylic acids is 2. The molecule has 0 spiro atoms. The van der Waals surface area contributed by atoms with Crippen molar-refractivity contribution in [1.29, 1.82) is 0 Å². The molecule has 0 bridgehead atoms. The summed E-state index contributed by atoms with van der Waals surface area (Å²) in [5.41, 5.74) is -6.40. The minimum absolute atomic E-state index is 0.00456. The van der Waals surface area contributed by atoms with Crippen LogP contribution >= 0.6 is 0 Å². The van der Waals surface area contributed by atoms with E-state index < -0.39 is 57.5 Å². The van der Waals surface area contributed by atoms with Crippen molar-refractivity contribution >= 4 is 11.8 Å². The van der Waals surface area contributed by atoms with Crippen molar-refractivity contribution in [2.75, 3.05) is 0 Å². The molecule has 8 nitrogen and oxygen atoms in total. The predicted octanol–water partition coefficient (Wildman–Crippen LogP) is 2.09. The molecule has 3 fully saturated rings. The van der Waals surface area contributed by atoms with Gasteiger partial charge in [-0.3, -0.25) is 9.78 Å². The van der Waals surface area contributed by atoms with E-state index >= 15 is 0 Å². The van der Waals surface area contributed by atoms with E-state index in [1.54, 1.807) is 19.1 Å². The molecule has 5 rings (SSSR count). The number of ether oxygens (including phenoxy) is 1. The molecule has 4 aliphatic carbocycles. The number of ketones is 1. The van der Waals surface area contributed by atoms with Gasteiger partial charge in [0.1, 0.15) is 22.9 Å². The monoisotopic (exact) mass is 485 g/mol. The van der Waals surface area contributed by atoms with E-state index in [4.69, 9.17) is 4.74 Å². The van der Waals surface area contributed by atoms with Gasteiger partial charge in [-0.25, -0.2) is 4.79 Å². The quantitative estimate of drug-likeness (QED) is 0.377. The molecule has 0 radical (unpaired) electrons. The van der Waals surface area contributed by atoms with Crippen LogP contribution in [0.15, 0.2) is 36.2 Å². The van der Waals surface area contributed by atoms with Crippen molar-refractivity contribution in [3.05, 3.63) is 41.7 Å². The van der Waals surface area contributed by atoms with E-state index in [1.165, 1.54) is 19.3 Å². The van der Waals surface area contributed by atoms with Crippen LogP contribution in [-0.2, 0) is 9.53 Å². The molecule has 8 heteroatoms. The number of pyridine rings is 1. The number of esters is 1. The lowest BCUT2D eigenvalue weighted by Gasteiger charge is -2.67. The van der Waals surface area contributed by atoms with Crippen molar-refractivity contribution in [2.45, 2.75) is 94.7 Å². The van der Waals surface area contributed by atoms with Gasteiger partial charge in [0.15, 0.2) is 5.78 Å². The number of hydrogen-bond donors (Lipinski definition) is 4. The van der Waals surface area contributed by atoms with Gasteiger partial charge in [0.2, 0.25) is 0 Å². The van der Waals surface area contributed by atoms with Crippen molar-refractivity contribution in [3.8, 4) is 0 Å². The largest absolute Gasteiger partial charge is 0.458 e. The molecule has 1 heterocycles. The predicted molar refractivity (Wildman–Crippen MR) is 125 cm³/mol. The second-order valence-corrected chi connectivity index (χ2v) is 11.6. The SMILES string of the molecule is CC(=O)[C@]1(O)CC[C@@]2(O)[C@]1(C)C(OC(=O)c1cccnc1)C[C@@H]1[C@@]3(C)CC[C@H](O)CC3=CC[C@]12O. The van der Waals surface area contributed by atoms with Crippen molar-refractivity contribution in [3.63, 3.8) is 0 Å². The number of fused-ring (bicyclic) bond motifs is 5. The molecule has 1 aromatic rings. The average Bonchev–Trinajstić information content (AvgIpc) is 3.06. The number of aromatic nitrogens is 1. The topological polar surface area (TPSA) is 137 Å². The molecule has 1 aromatic heterocycles. The van der Waals surface area contributed by atoms with E-state index in [1.807, 2.05) is 13.0 Å². The molecule has 0 aliphatic heterocycles. The zero-order valence-electron chi connectivity index (χ0n) is 20.5. The Hall–Kier alpha value is -2.13. The summed E-state index contributed by atoms with van der Waals surface area (Å²) in [6, 6.07) is 3.18. The summed E-state index contributed by atoms with van der Waals surface area (Å²) in [5, 5.41) is 46.7. The Morgan fingerprint density at radius 1 is 1.14 bits per heavy atom. The summed E-state index contributed by atoms with van der Waals surface area (Å²) in [4.78, 5) is 30.0. The van der Waals surface area contributed by atoms with Gasteiger partial charge in [0, 0.05) is 18.3 Å². The third-order valence-corrected chi connectivity index (χ3v) is 10.3. The number of rotatable bonds is 3. The highest BCUT2D eigenvalue weighted by atomic mass is 16.5. The fourth-order valence-corrected chi connectivity index (χ4v) is 8.05. The van der Waals surface area contributed by atoms with E-state index in [2.05, 4.69) is 4.98 Å². The highest BCUT2D eigenvalue weighted by Gasteiger charge is 2.81. The van der Waals surface area contributed by atoms with E-state index in [0.29, 0.717) is 19.3 Å². The van der Waals surface area contributed by atoms with Gasteiger partial charge < -0.3 is 25.2 Å². The van der Waals surface area contributed by atoms with Crippen LogP contribution in [0.1, 0.15) is 76.1 Å². The summed E-state index contributed by atoms with van der Waals surface area (Å²) >= 11 is 0. The summed E-state index contributed by atoms with van der Waals surface area (Å²) < 4.78 is 6.01. The van der Waals surface area contributed by atoms with Crippen LogP contribution in [0.5, 0.6) is 0 Å². The van der Waals surface area contributed by atoms with Gasteiger partial charge in [0.05, 0.1) is 17.1 Å². The first-order chi connectivity index (χ1) is 16.3. The molecule has 0 amide bonds. The second kappa shape index (κ2) is 7.68. The van der Waals surface area contributed by atoms with Crippen molar-refractivity contribution < 1.29 is 34.8 Å². The fourth-order valence-electron chi connectivity index (χ4n) is 8.05. The number of aliphatic hydroxyl groups excluding tert-OH is 1. The second-order valence-electron chi connectivity index (χ2n) is 11.6. The first-order valence-electron chi connectivity index (χ1n) is 12.5. The van der Waals surface area contributed by atoms with Gasteiger partial charge in [-0.1, -0.05) is 18.6 Å². The molecule has 190 valence electrons. The lowest BCUT2D eigenvalue weighted by Crippen LogP contribution is -2.78. The Morgan fingerprint density at radius 3 is 2.54 bits per heavy atom. The Morgan fingerprint density at radius 2 is 1.89 bits per heavy atom. The number of aliphatic hydroxyl groups is 4. The first kappa shape index (κ1) is 24.6. The van der Waals surface area contributed by atoms with Crippen LogP contribution in [0.4, 0.5) is 0 Å². The van der Waals surface area contributed by atoms with Crippen LogP contribution in [0.25, 0.3) is 0 Å². The minimum Gasteiger partial charge on any atom is -0.458 e. The Bertz CT molecular complexity index is 1090. The Kier molecular flexibility index (Phi) is 5.39. The molecule has 0 aromatic carbocycles. The van der Waals surface area contributed by atoms with Gasteiger partial charge in [-0.15, -0.1) is 0 Å². The zero-order valence-corrected chi connectivity index (χ0v) is 20.5. The van der Waals surface area contributed by atoms with Gasteiger partial charge in [-0.05, 0) is 76.3 Å². The van der Waals surface area contributed by atoms with Crippen LogP contribution in [0, 0.1) is 16.7 Å². The molecule has 0 saturated heterocycles. The summed E-state index contributed by atoms with van der Waals surface area (Å²) in [6.07, 6.45) is 5.28. The molecular formula is C27H35NO7. The number of hydrogen-bond acceptors (Lipinski definition) is 8. The highest BCUT2D eigenvalue weighted by Crippen LogP contribution is 2.70. The lowest BCUT2D eigenvalue weighted by molar-refractivity contribution is -0.312. The van der Waals surface area contributed by atoms with Crippen molar-refractivity contribution in [2.24, 2.45) is 16.7 Å². The average molecular weight is 486 g/mol. The van der Waals surface area contributed by atoms with Crippen LogP contribution in [0.2, 0.25) is 0 Å². The maximum atomic E-state index is 13.2. The van der Waals surface area contributed by atoms with Gasteiger partial charge in [0.25, 0.3) is 0 Å². The molecule has 8 atom stereocenters. The molecule has 4 aliphatic rings. The summed E-state index contributed by atoms with van der Waals surface area (Å²) in [5.74, 6) is -1.69. The third-order valence-electron chi connectivity index (χ3n) is 10.3. The number of nitrogens with zero attached hydrogens (tertiary/aromatic N) is 1. The highest BCUT2D eigenvalue weighted by molar-refractivity contribution is 5.90. The molecular weight excluding hydrogens is 450 g/mol. The van der Waals surface area contributed by atoms with Crippen LogP contribution in [0.3, 0.4) is 0 Å². The van der Waals surface area contributed by atoms with Crippen molar-refractivity contribution in [1.82, 2.24) is 4.98 Å². The van der Waals surface area contributed by atoms with E-state index in [-0.39, 0.29) is 31.2 Å². The number of carbonyl (C=O) groups is 2. The summed E-state index contributed by atoms with van der Waals surface area (Å²) in [6.45, 7) is 4.89. The smallest absolute Gasteiger partial charge is 0.339 e. The molecule has 1 unspecified atom stereocenters. The normalized spacial score (nSPS) is 46.6. The maximum absolute atomic E-state index is 13.2. The van der Waals surface area contributed by atoms with Gasteiger partial charge in [-0.2, -0.15) is 0 Å². The Balaban J connectivity index is 1.65. The fraction of sp³-hybridized carbons (Fsp3) is 0.667. The van der Waals surface area contributed by atoms with Crippen LogP contribution in [-0.4, -0.2) is 66.2 Å².